The van der Waals surface area contributed by atoms with E-state index in [9.17, 15) is 19.8 Å². The average molecular weight is 506 g/mol. The number of rotatable bonds is 5. The van der Waals surface area contributed by atoms with Crippen LogP contribution in [0, 0.1) is 40.9 Å². The van der Waals surface area contributed by atoms with E-state index in [4.69, 9.17) is 9.57 Å². The van der Waals surface area contributed by atoms with Crippen LogP contribution in [0.1, 0.15) is 104 Å². The van der Waals surface area contributed by atoms with Crippen molar-refractivity contribution in [1.29, 1.82) is 0 Å². The van der Waals surface area contributed by atoms with Crippen LogP contribution < -0.4 is 0 Å². The molecule has 5 fully saturated rings. The maximum atomic E-state index is 12.6. The fourth-order valence-electron chi connectivity index (χ4n) is 8.82. The highest BCUT2D eigenvalue weighted by Gasteiger charge is 2.59. The van der Waals surface area contributed by atoms with E-state index in [0.717, 1.165) is 50.0 Å². The summed E-state index contributed by atoms with van der Waals surface area (Å²) < 4.78 is 5.43. The molecule has 0 aromatic heterocycles. The van der Waals surface area contributed by atoms with E-state index in [0.29, 0.717) is 54.8 Å². The van der Waals surface area contributed by atoms with Gasteiger partial charge in [-0.15, -0.1) is 5.06 Å². The molecular weight excluding hydrogens is 458 g/mol. The van der Waals surface area contributed by atoms with Gasteiger partial charge in [0.2, 0.25) is 0 Å². The van der Waals surface area contributed by atoms with E-state index < -0.39 is 0 Å². The number of aliphatic hydroxyl groups excluding tert-OH is 2. The van der Waals surface area contributed by atoms with Crippen LogP contribution in [0.5, 0.6) is 0 Å². The largest absolute Gasteiger partial charge is 0.393 e. The molecule has 2 aliphatic heterocycles. The fourth-order valence-corrected chi connectivity index (χ4v) is 8.82. The Hall–Kier alpha value is -1.18. The van der Waals surface area contributed by atoms with Crippen LogP contribution in [0.25, 0.3) is 0 Å². The third kappa shape index (κ3) is 4.96. The number of epoxide rings is 1. The number of piperidine rings is 1. The van der Waals surface area contributed by atoms with Crippen LogP contribution in [0.15, 0.2) is 0 Å². The van der Waals surface area contributed by atoms with Crippen molar-refractivity contribution in [3.8, 4) is 0 Å². The van der Waals surface area contributed by atoms with E-state index in [-0.39, 0.29) is 48.3 Å². The summed E-state index contributed by atoms with van der Waals surface area (Å²) in [7, 11) is 0. The van der Waals surface area contributed by atoms with Crippen LogP contribution >= 0.6 is 0 Å². The van der Waals surface area contributed by atoms with Gasteiger partial charge in [-0.2, -0.15) is 0 Å². The second-order valence-corrected chi connectivity index (χ2v) is 13.0. The molecule has 0 aromatic carbocycles. The summed E-state index contributed by atoms with van der Waals surface area (Å²) in [5.41, 5.74) is -0.119. The number of carbonyl (C=O) groups is 2. The van der Waals surface area contributed by atoms with Crippen LogP contribution in [0.2, 0.25) is 0 Å². The molecule has 0 aromatic rings. The zero-order valence-electron chi connectivity index (χ0n) is 22.4. The number of hydroxylamine groups is 2. The number of fused-ring (bicyclic) bond motifs is 4. The number of amides is 1. The van der Waals surface area contributed by atoms with Crippen molar-refractivity contribution in [1.82, 2.24) is 5.06 Å². The van der Waals surface area contributed by atoms with Gasteiger partial charge in [-0.3, -0.25) is 4.79 Å². The number of carbonyl (C=O) groups excluding carboxylic acids is 2. The summed E-state index contributed by atoms with van der Waals surface area (Å²) in [5.74, 6) is 2.37. The highest BCUT2D eigenvalue weighted by atomic mass is 16.8. The maximum absolute atomic E-state index is 12.6. The zero-order chi connectivity index (χ0) is 25.6. The molecule has 2 heterocycles. The monoisotopic (exact) mass is 505 g/mol. The van der Waals surface area contributed by atoms with Gasteiger partial charge in [-0.1, -0.05) is 33.6 Å². The molecular formula is C29H47NO6. The van der Waals surface area contributed by atoms with Crippen molar-refractivity contribution in [3.05, 3.63) is 0 Å². The third-order valence-corrected chi connectivity index (χ3v) is 11.0. The van der Waals surface area contributed by atoms with Crippen molar-refractivity contribution >= 4 is 11.9 Å². The van der Waals surface area contributed by atoms with E-state index in [1.165, 1.54) is 12.8 Å². The Morgan fingerprint density at radius 1 is 1.11 bits per heavy atom. The minimum Gasteiger partial charge on any atom is -0.393 e. The molecule has 2 N–H and O–H groups in total. The predicted octanol–water partition coefficient (Wildman–Crippen LogP) is 4.59. The molecule has 204 valence electrons. The van der Waals surface area contributed by atoms with Crippen LogP contribution in [-0.4, -0.2) is 51.7 Å². The molecule has 0 radical (unpaired) electrons. The highest BCUT2D eigenvalue weighted by Crippen LogP contribution is 2.63. The lowest BCUT2D eigenvalue weighted by Crippen LogP contribution is -2.53. The van der Waals surface area contributed by atoms with E-state index in [1.807, 2.05) is 0 Å². The number of ether oxygens (including phenoxy) is 1. The number of aliphatic hydroxyl groups is 2. The number of nitrogens with zero attached hydrogens (tertiary/aromatic N) is 1. The van der Waals surface area contributed by atoms with Gasteiger partial charge < -0.3 is 19.8 Å². The highest BCUT2D eigenvalue weighted by molar-refractivity contribution is 5.79. The predicted molar refractivity (Wildman–Crippen MR) is 134 cm³/mol. The molecule has 0 spiro atoms. The Balaban J connectivity index is 1.21. The summed E-state index contributed by atoms with van der Waals surface area (Å²) in [6, 6.07) is 0. The first-order valence-corrected chi connectivity index (χ1v) is 14.7. The quantitative estimate of drug-likeness (QED) is 0.530. The molecule has 0 bridgehead atoms. The van der Waals surface area contributed by atoms with Crippen LogP contribution in [-0.2, 0) is 19.2 Å². The molecule has 11 atom stereocenters. The molecule has 5 rings (SSSR count). The lowest BCUT2D eigenvalue weighted by Gasteiger charge is -2.54. The summed E-state index contributed by atoms with van der Waals surface area (Å²) in [6.07, 6.45) is 10.7. The molecule has 1 amide bonds. The van der Waals surface area contributed by atoms with Gasteiger partial charge in [0.1, 0.15) is 6.10 Å². The summed E-state index contributed by atoms with van der Waals surface area (Å²) in [5, 5.41) is 23.0. The topological polar surface area (TPSA) is 99.6 Å². The van der Waals surface area contributed by atoms with Gasteiger partial charge >= 0.3 is 5.97 Å². The van der Waals surface area contributed by atoms with Gasteiger partial charge in [0.25, 0.3) is 5.91 Å². The van der Waals surface area contributed by atoms with E-state index in [2.05, 4.69) is 20.8 Å². The first kappa shape index (κ1) is 26.4. The number of hydrogen-bond donors (Lipinski definition) is 2. The molecule has 7 nitrogen and oxygen atoms in total. The minimum atomic E-state index is -0.379. The molecule has 2 saturated heterocycles. The van der Waals surface area contributed by atoms with E-state index in [1.54, 1.807) is 0 Å². The molecule has 36 heavy (non-hydrogen) atoms. The Labute approximate surface area is 216 Å². The number of hydrogen-bond acceptors (Lipinski definition) is 6. The fraction of sp³-hybridized carbons (Fsp3) is 0.931. The Morgan fingerprint density at radius 2 is 1.89 bits per heavy atom. The lowest BCUT2D eigenvalue weighted by atomic mass is 9.52. The molecule has 3 aliphatic carbocycles. The first-order chi connectivity index (χ1) is 17.2. The van der Waals surface area contributed by atoms with Crippen molar-refractivity contribution < 1.29 is 29.4 Å². The van der Waals surface area contributed by atoms with Gasteiger partial charge in [-0.05, 0) is 98.7 Å². The summed E-state index contributed by atoms with van der Waals surface area (Å²) >= 11 is 0. The Bertz CT molecular complexity index is 820. The Morgan fingerprint density at radius 3 is 2.69 bits per heavy atom. The van der Waals surface area contributed by atoms with Crippen LogP contribution in [0.3, 0.4) is 0 Å². The molecule has 7 heteroatoms. The van der Waals surface area contributed by atoms with Crippen LogP contribution in [0.4, 0.5) is 0 Å². The average Bonchev–Trinajstić information content (AvgIpc) is 3.55. The third-order valence-electron chi connectivity index (χ3n) is 11.0. The molecule has 5 unspecified atom stereocenters. The van der Waals surface area contributed by atoms with E-state index >= 15 is 0 Å². The van der Waals surface area contributed by atoms with Crippen molar-refractivity contribution in [2.75, 3.05) is 0 Å². The molecule has 3 saturated carbocycles. The zero-order valence-corrected chi connectivity index (χ0v) is 22.4. The summed E-state index contributed by atoms with van der Waals surface area (Å²) in [6.45, 7) is 6.90. The first-order valence-electron chi connectivity index (χ1n) is 14.7. The summed E-state index contributed by atoms with van der Waals surface area (Å²) in [4.78, 5) is 30.1. The Kier molecular flexibility index (Phi) is 7.73. The lowest BCUT2D eigenvalue weighted by molar-refractivity contribution is -0.208. The maximum Gasteiger partial charge on any atom is 0.332 e. The minimum absolute atomic E-state index is 0.0242. The van der Waals surface area contributed by atoms with Gasteiger partial charge in [0.05, 0.1) is 12.2 Å². The van der Waals surface area contributed by atoms with Crippen molar-refractivity contribution in [2.24, 2.45) is 40.9 Å². The van der Waals surface area contributed by atoms with Gasteiger partial charge in [0.15, 0.2) is 6.23 Å². The second-order valence-electron chi connectivity index (χ2n) is 13.0. The van der Waals surface area contributed by atoms with Crippen molar-refractivity contribution in [2.45, 2.75) is 129 Å². The second kappa shape index (κ2) is 10.5. The SMILES string of the molecule is CC(CCC(=O)ON1C(=O)CCC2OC21)[C@H]1CC[C@H]2C3CCCC[C@H](O)CC[C@H](C)C3C[C@H](O)[C@]12C. The van der Waals surface area contributed by atoms with Crippen molar-refractivity contribution in [3.63, 3.8) is 0 Å². The van der Waals surface area contributed by atoms with Gasteiger partial charge in [0, 0.05) is 12.8 Å². The van der Waals surface area contributed by atoms with Gasteiger partial charge in [-0.25, -0.2) is 4.79 Å². The normalized spacial score (nSPS) is 45.8. The smallest absolute Gasteiger partial charge is 0.332 e. The standard InChI is InChI=1S/C29H47NO6/c1-17-8-10-19(31)6-4-5-7-20-21(17)16-25(32)29(3)22(11-12-23(20)29)18(2)9-15-27(34)36-30-26(33)14-13-24-28(30)35-24/h17-25,28,31-32H,4-16H2,1-3H3/t17-,18?,19-,20?,21?,22+,23-,24?,25-,28?,29+/m0/s1. The molecule has 5 aliphatic rings.